The second kappa shape index (κ2) is 9.42. The van der Waals surface area contributed by atoms with Crippen molar-refractivity contribution in [2.45, 2.75) is 40.7 Å². The Morgan fingerprint density at radius 3 is 2.38 bits per heavy atom. The summed E-state index contributed by atoms with van der Waals surface area (Å²) in [5, 5.41) is 12.0. The van der Waals surface area contributed by atoms with E-state index in [1.165, 1.54) is 0 Å². The fourth-order valence-corrected chi connectivity index (χ4v) is 2.36. The van der Waals surface area contributed by atoms with E-state index in [1.54, 1.807) is 13.8 Å². The first kappa shape index (κ1) is 20.2. The number of carboxylic acids is 1. The molecule has 0 saturated carbocycles. The van der Waals surface area contributed by atoms with Crippen molar-refractivity contribution in [3.05, 3.63) is 35.9 Å². The van der Waals surface area contributed by atoms with Gasteiger partial charge in [-0.1, -0.05) is 44.2 Å². The number of rotatable bonds is 10. The maximum absolute atomic E-state index is 12.3. The third kappa shape index (κ3) is 7.13. The van der Waals surface area contributed by atoms with Crippen molar-refractivity contribution in [1.29, 1.82) is 0 Å². The van der Waals surface area contributed by atoms with Crippen molar-refractivity contribution in [2.75, 3.05) is 13.2 Å². The van der Waals surface area contributed by atoms with Gasteiger partial charge in [0, 0.05) is 6.54 Å². The van der Waals surface area contributed by atoms with Crippen LogP contribution in [0.5, 0.6) is 0 Å². The number of nitrogens with one attached hydrogen (secondary N) is 1. The molecule has 0 bridgehead atoms. The van der Waals surface area contributed by atoms with Crippen LogP contribution in [0.1, 0.15) is 39.7 Å². The molecule has 1 aromatic rings. The van der Waals surface area contributed by atoms with Gasteiger partial charge in [-0.15, -0.1) is 0 Å². The summed E-state index contributed by atoms with van der Waals surface area (Å²) in [6.45, 7) is 8.40. The van der Waals surface area contributed by atoms with Crippen LogP contribution in [0.15, 0.2) is 30.3 Å². The topological polar surface area (TPSA) is 75.6 Å². The Balaban J connectivity index is 2.44. The van der Waals surface area contributed by atoms with Crippen LogP contribution in [-0.4, -0.2) is 30.1 Å². The molecule has 1 rings (SSSR count). The molecular formula is C19H29NO4. The molecule has 0 fully saturated rings. The van der Waals surface area contributed by atoms with Crippen LogP contribution in [0, 0.1) is 17.3 Å². The van der Waals surface area contributed by atoms with Gasteiger partial charge >= 0.3 is 5.97 Å². The van der Waals surface area contributed by atoms with E-state index in [2.05, 4.69) is 5.32 Å². The molecule has 0 aliphatic heterocycles. The molecule has 134 valence electrons. The zero-order valence-electron chi connectivity index (χ0n) is 15.0. The van der Waals surface area contributed by atoms with Gasteiger partial charge in [0.1, 0.15) is 0 Å². The number of carbonyl (C=O) groups is 2. The van der Waals surface area contributed by atoms with Gasteiger partial charge in [-0.3, -0.25) is 9.59 Å². The van der Waals surface area contributed by atoms with Crippen LogP contribution in [0.3, 0.4) is 0 Å². The van der Waals surface area contributed by atoms with E-state index in [1.807, 2.05) is 44.2 Å². The molecule has 1 amide bonds. The largest absolute Gasteiger partial charge is 0.481 e. The third-order valence-electron chi connectivity index (χ3n) is 3.80. The molecule has 0 radical (unpaired) electrons. The first-order chi connectivity index (χ1) is 11.2. The van der Waals surface area contributed by atoms with Crippen LogP contribution in [-0.2, 0) is 20.9 Å². The SMILES string of the molecule is CC(C)CC(CNC(=O)C(C)(C)COCc1ccccc1)C(=O)O. The van der Waals surface area contributed by atoms with Crippen molar-refractivity contribution >= 4 is 11.9 Å². The van der Waals surface area contributed by atoms with Crippen LogP contribution < -0.4 is 5.32 Å². The minimum absolute atomic E-state index is 0.147. The number of aliphatic carboxylic acids is 1. The minimum Gasteiger partial charge on any atom is -0.481 e. The second-order valence-corrected chi connectivity index (χ2v) is 7.24. The van der Waals surface area contributed by atoms with Gasteiger partial charge < -0.3 is 15.2 Å². The maximum atomic E-state index is 12.3. The van der Waals surface area contributed by atoms with E-state index in [4.69, 9.17) is 4.74 Å². The van der Waals surface area contributed by atoms with Crippen LogP contribution in [0.2, 0.25) is 0 Å². The first-order valence-electron chi connectivity index (χ1n) is 8.35. The Labute approximate surface area is 144 Å². The van der Waals surface area contributed by atoms with E-state index >= 15 is 0 Å². The second-order valence-electron chi connectivity index (χ2n) is 7.24. The van der Waals surface area contributed by atoms with E-state index in [0.29, 0.717) is 13.0 Å². The summed E-state index contributed by atoms with van der Waals surface area (Å²) in [5.74, 6) is -1.35. The lowest BCUT2D eigenvalue weighted by Gasteiger charge is -2.25. The Bertz CT molecular complexity index is 525. The normalized spacial score (nSPS) is 12.9. The first-order valence-corrected chi connectivity index (χ1v) is 8.35. The lowest BCUT2D eigenvalue weighted by molar-refractivity contribution is -0.142. The number of hydrogen-bond donors (Lipinski definition) is 2. The predicted molar refractivity (Wildman–Crippen MR) is 93.5 cm³/mol. The zero-order valence-corrected chi connectivity index (χ0v) is 15.0. The fraction of sp³-hybridized carbons (Fsp3) is 0.579. The average molecular weight is 335 g/mol. The highest BCUT2D eigenvalue weighted by Gasteiger charge is 2.29. The Hall–Kier alpha value is -1.88. The summed E-state index contributed by atoms with van der Waals surface area (Å²) in [6.07, 6.45) is 0.542. The Kier molecular flexibility index (Phi) is 7.92. The third-order valence-corrected chi connectivity index (χ3v) is 3.80. The van der Waals surface area contributed by atoms with Crippen molar-refractivity contribution in [1.82, 2.24) is 5.32 Å². The molecule has 1 unspecified atom stereocenters. The molecule has 1 atom stereocenters. The molecule has 5 heteroatoms. The quantitative estimate of drug-likeness (QED) is 0.689. The van der Waals surface area contributed by atoms with Gasteiger partial charge in [0.2, 0.25) is 5.91 Å². The molecule has 2 N–H and O–H groups in total. The molecule has 0 saturated heterocycles. The van der Waals surface area contributed by atoms with Crippen molar-refractivity contribution < 1.29 is 19.4 Å². The summed E-state index contributed by atoms with van der Waals surface area (Å²) < 4.78 is 5.65. The summed E-state index contributed by atoms with van der Waals surface area (Å²) in [4.78, 5) is 23.6. The molecule has 0 heterocycles. The zero-order chi connectivity index (χ0) is 18.2. The molecule has 0 aliphatic rings. The van der Waals surface area contributed by atoms with Crippen LogP contribution in [0.25, 0.3) is 0 Å². The number of benzene rings is 1. The number of hydrogen-bond acceptors (Lipinski definition) is 3. The standard InChI is InChI=1S/C19H29NO4/c1-14(2)10-16(17(21)22)11-20-18(23)19(3,4)13-24-12-15-8-6-5-7-9-15/h5-9,14,16H,10-13H2,1-4H3,(H,20,23)(H,21,22). The number of ether oxygens (including phenoxy) is 1. The molecule has 1 aromatic carbocycles. The van der Waals surface area contributed by atoms with E-state index in [-0.39, 0.29) is 25.0 Å². The van der Waals surface area contributed by atoms with E-state index < -0.39 is 17.3 Å². The lowest BCUT2D eigenvalue weighted by Crippen LogP contribution is -2.43. The fourth-order valence-electron chi connectivity index (χ4n) is 2.36. The highest BCUT2D eigenvalue weighted by atomic mass is 16.5. The monoisotopic (exact) mass is 335 g/mol. The molecule has 0 spiro atoms. The van der Waals surface area contributed by atoms with E-state index in [9.17, 15) is 14.7 Å². The summed E-state index contributed by atoms with van der Waals surface area (Å²) in [6, 6.07) is 9.76. The molecule has 24 heavy (non-hydrogen) atoms. The smallest absolute Gasteiger partial charge is 0.308 e. The van der Waals surface area contributed by atoms with Gasteiger partial charge in [-0.25, -0.2) is 0 Å². The molecule has 0 aliphatic carbocycles. The number of carboxylic acid groups (broad SMARTS) is 1. The van der Waals surface area contributed by atoms with Crippen LogP contribution >= 0.6 is 0 Å². The summed E-state index contributed by atoms with van der Waals surface area (Å²) >= 11 is 0. The lowest BCUT2D eigenvalue weighted by atomic mass is 9.92. The van der Waals surface area contributed by atoms with Crippen molar-refractivity contribution in [3.8, 4) is 0 Å². The maximum Gasteiger partial charge on any atom is 0.308 e. The molecular weight excluding hydrogens is 306 g/mol. The number of carbonyl (C=O) groups excluding carboxylic acids is 1. The van der Waals surface area contributed by atoms with E-state index in [0.717, 1.165) is 5.56 Å². The van der Waals surface area contributed by atoms with Crippen molar-refractivity contribution in [3.63, 3.8) is 0 Å². The molecule has 5 nitrogen and oxygen atoms in total. The van der Waals surface area contributed by atoms with Gasteiger partial charge in [0.15, 0.2) is 0 Å². The highest BCUT2D eigenvalue weighted by molar-refractivity contribution is 5.82. The van der Waals surface area contributed by atoms with Crippen LogP contribution in [0.4, 0.5) is 0 Å². The van der Waals surface area contributed by atoms with Gasteiger partial charge in [0.25, 0.3) is 0 Å². The average Bonchev–Trinajstić information content (AvgIpc) is 2.51. The minimum atomic E-state index is -0.873. The molecule has 0 aromatic heterocycles. The highest BCUT2D eigenvalue weighted by Crippen LogP contribution is 2.18. The Morgan fingerprint density at radius 2 is 1.83 bits per heavy atom. The van der Waals surface area contributed by atoms with Crippen molar-refractivity contribution in [2.24, 2.45) is 17.3 Å². The van der Waals surface area contributed by atoms with Gasteiger partial charge in [0.05, 0.1) is 24.5 Å². The number of amides is 1. The van der Waals surface area contributed by atoms with Gasteiger partial charge in [-0.2, -0.15) is 0 Å². The summed E-state index contributed by atoms with van der Waals surface area (Å²) in [5.41, 5.74) is 0.340. The summed E-state index contributed by atoms with van der Waals surface area (Å²) in [7, 11) is 0. The van der Waals surface area contributed by atoms with Gasteiger partial charge in [-0.05, 0) is 31.7 Å². The Morgan fingerprint density at radius 1 is 1.21 bits per heavy atom. The predicted octanol–water partition coefficient (Wildman–Crippen LogP) is 3.09.